The molecule has 10 nitrogen and oxygen atoms in total. The third-order valence-electron chi connectivity index (χ3n) is 5.86. The molecule has 2 aromatic rings. The van der Waals surface area contributed by atoms with Gasteiger partial charge >= 0.3 is 18.2 Å². The number of hydrogen-bond acceptors (Lipinski definition) is 8. The predicted molar refractivity (Wildman–Crippen MR) is 136 cm³/mol. The van der Waals surface area contributed by atoms with Gasteiger partial charge in [0.2, 0.25) is 0 Å². The van der Waals surface area contributed by atoms with Crippen LogP contribution in [0.5, 0.6) is 0 Å². The van der Waals surface area contributed by atoms with Gasteiger partial charge in [-0.15, -0.1) is 0 Å². The molecule has 0 aromatic carbocycles. The number of rotatable bonds is 8. The number of amides is 2. The molecular formula is C27H38N4O6. The van der Waals surface area contributed by atoms with Crippen LogP contribution in [0.2, 0.25) is 0 Å². The van der Waals surface area contributed by atoms with Crippen LogP contribution in [0.4, 0.5) is 9.59 Å². The second-order valence-electron chi connectivity index (χ2n) is 11.2. The highest BCUT2D eigenvalue weighted by Gasteiger charge is 2.63. The average molecular weight is 515 g/mol. The van der Waals surface area contributed by atoms with Crippen LogP contribution in [0.3, 0.4) is 0 Å². The first-order valence-electron chi connectivity index (χ1n) is 12.6. The molecule has 1 aliphatic rings. The van der Waals surface area contributed by atoms with E-state index >= 15 is 0 Å². The smallest absolute Gasteiger partial charge is 0.419 e. The summed E-state index contributed by atoms with van der Waals surface area (Å²) in [5, 5.41) is 0. The standard InChI is InChI=1S/C27H38N4O6/c1-8-35-22(32)27(20-17-30(18-29-20)21-13-9-10-14-28-21)16-19(27)12-11-15-31(23(33)36-25(2,3)4)24(34)37-26(5,6)7/h9-10,13-14,17-19H,8,11-12,15-16H2,1-7H3/t19-,27+/m0/s1. The quantitative estimate of drug-likeness (QED) is 0.356. The molecule has 202 valence electrons. The van der Waals surface area contributed by atoms with E-state index in [1.54, 1.807) is 65.6 Å². The number of pyridine rings is 1. The van der Waals surface area contributed by atoms with Gasteiger partial charge < -0.3 is 14.2 Å². The lowest BCUT2D eigenvalue weighted by Crippen LogP contribution is -2.44. The van der Waals surface area contributed by atoms with Crippen molar-refractivity contribution in [2.75, 3.05) is 13.2 Å². The highest BCUT2D eigenvalue weighted by atomic mass is 16.6. The second kappa shape index (κ2) is 10.9. The third-order valence-corrected chi connectivity index (χ3v) is 5.86. The van der Waals surface area contributed by atoms with Crippen LogP contribution >= 0.6 is 0 Å². The van der Waals surface area contributed by atoms with Crippen LogP contribution in [0.25, 0.3) is 5.82 Å². The number of ether oxygens (including phenoxy) is 3. The molecule has 1 fully saturated rings. The summed E-state index contributed by atoms with van der Waals surface area (Å²) in [6.45, 7) is 12.6. The molecule has 0 N–H and O–H groups in total. The molecule has 0 saturated heterocycles. The van der Waals surface area contributed by atoms with E-state index in [9.17, 15) is 14.4 Å². The Balaban J connectivity index is 1.73. The van der Waals surface area contributed by atoms with Crippen molar-refractivity contribution in [3.8, 4) is 5.82 Å². The van der Waals surface area contributed by atoms with E-state index in [1.807, 2.05) is 24.4 Å². The number of imide groups is 1. The Kier molecular flexibility index (Phi) is 8.29. The molecule has 3 rings (SSSR count). The Labute approximate surface area is 218 Å². The maximum Gasteiger partial charge on any atom is 0.419 e. The summed E-state index contributed by atoms with van der Waals surface area (Å²) < 4.78 is 18.1. The Morgan fingerprint density at radius 1 is 1.05 bits per heavy atom. The van der Waals surface area contributed by atoms with Crippen LogP contribution in [-0.2, 0) is 24.4 Å². The summed E-state index contributed by atoms with van der Waals surface area (Å²) in [5.41, 5.74) is -1.77. The summed E-state index contributed by atoms with van der Waals surface area (Å²) >= 11 is 0. The number of carbonyl (C=O) groups is 3. The molecule has 37 heavy (non-hydrogen) atoms. The van der Waals surface area contributed by atoms with E-state index in [1.165, 1.54) is 0 Å². The lowest BCUT2D eigenvalue weighted by molar-refractivity contribution is -0.146. The van der Waals surface area contributed by atoms with Crippen molar-refractivity contribution in [1.29, 1.82) is 0 Å². The maximum atomic E-state index is 13.1. The highest BCUT2D eigenvalue weighted by Crippen LogP contribution is 2.57. The normalized spacial score (nSPS) is 19.2. The Hall–Kier alpha value is -3.43. The first-order valence-corrected chi connectivity index (χ1v) is 12.6. The van der Waals surface area contributed by atoms with Crippen LogP contribution in [0.15, 0.2) is 36.9 Å². The monoisotopic (exact) mass is 514 g/mol. The summed E-state index contributed by atoms with van der Waals surface area (Å²) in [6, 6.07) is 5.56. The first kappa shape index (κ1) is 28.1. The number of nitrogens with zero attached hydrogens (tertiary/aromatic N) is 4. The van der Waals surface area contributed by atoms with E-state index in [0.717, 1.165) is 4.90 Å². The molecule has 1 saturated carbocycles. The minimum absolute atomic E-state index is 0.0437. The van der Waals surface area contributed by atoms with Gasteiger partial charge in [0, 0.05) is 18.9 Å². The van der Waals surface area contributed by atoms with E-state index in [-0.39, 0.29) is 25.0 Å². The summed E-state index contributed by atoms with van der Waals surface area (Å²) in [4.78, 5) is 48.4. The molecule has 2 atom stereocenters. The molecule has 0 unspecified atom stereocenters. The Morgan fingerprint density at radius 3 is 2.24 bits per heavy atom. The van der Waals surface area contributed by atoms with Crippen molar-refractivity contribution in [3.63, 3.8) is 0 Å². The summed E-state index contributed by atoms with van der Waals surface area (Å²) in [7, 11) is 0. The van der Waals surface area contributed by atoms with Crippen molar-refractivity contribution in [1.82, 2.24) is 19.4 Å². The van der Waals surface area contributed by atoms with Gasteiger partial charge in [-0.3, -0.25) is 9.36 Å². The zero-order chi connectivity index (χ0) is 27.4. The van der Waals surface area contributed by atoms with Gasteiger partial charge in [-0.25, -0.2) is 24.5 Å². The van der Waals surface area contributed by atoms with Gasteiger partial charge in [0.15, 0.2) is 0 Å². The van der Waals surface area contributed by atoms with E-state index < -0.39 is 28.8 Å². The van der Waals surface area contributed by atoms with E-state index in [4.69, 9.17) is 14.2 Å². The van der Waals surface area contributed by atoms with E-state index in [2.05, 4.69) is 9.97 Å². The number of aromatic nitrogens is 3. The molecule has 2 aromatic heterocycles. The fourth-order valence-electron chi connectivity index (χ4n) is 4.18. The molecule has 2 amide bonds. The average Bonchev–Trinajstić information content (AvgIpc) is 3.30. The molecule has 2 heterocycles. The van der Waals surface area contributed by atoms with Gasteiger partial charge in [0.05, 0.1) is 12.3 Å². The lowest BCUT2D eigenvalue weighted by atomic mass is 9.97. The lowest BCUT2D eigenvalue weighted by Gasteiger charge is -2.28. The Morgan fingerprint density at radius 2 is 1.70 bits per heavy atom. The minimum atomic E-state index is -0.862. The van der Waals surface area contributed by atoms with Gasteiger partial charge in [0.1, 0.15) is 28.8 Å². The number of esters is 1. The van der Waals surface area contributed by atoms with Crippen LogP contribution in [-0.4, -0.2) is 61.9 Å². The summed E-state index contributed by atoms with van der Waals surface area (Å²) in [5.74, 6) is 0.336. The van der Waals surface area contributed by atoms with Crippen molar-refractivity contribution in [2.24, 2.45) is 5.92 Å². The molecule has 10 heteroatoms. The molecule has 1 aliphatic carbocycles. The zero-order valence-corrected chi connectivity index (χ0v) is 22.8. The largest absolute Gasteiger partial charge is 0.465 e. The number of imidazole rings is 1. The van der Waals surface area contributed by atoms with Crippen molar-refractivity contribution in [3.05, 3.63) is 42.6 Å². The van der Waals surface area contributed by atoms with Crippen molar-refractivity contribution in [2.45, 2.75) is 84.3 Å². The Bertz CT molecular complexity index is 1070. The van der Waals surface area contributed by atoms with Crippen LogP contribution < -0.4 is 0 Å². The predicted octanol–water partition coefficient (Wildman–Crippen LogP) is 5.04. The van der Waals surface area contributed by atoms with Gasteiger partial charge in [-0.05, 0) is 85.8 Å². The molecular weight excluding hydrogens is 476 g/mol. The van der Waals surface area contributed by atoms with Crippen molar-refractivity contribution < 1.29 is 28.6 Å². The molecule has 0 spiro atoms. The fraction of sp³-hybridized carbons (Fsp3) is 0.593. The molecule has 0 bridgehead atoms. The maximum absolute atomic E-state index is 13.1. The third kappa shape index (κ3) is 7.08. The highest BCUT2D eigenvalue weighted by molar-refractivity contribution is 5.88. The number of carbonyl (C=O) groups excluding carboxylic acids is 3. The van der Waals surface area contributed by atoms with Gasteiger partial charge in [-0.2, -0.15) is 0 Å². The van der Waals surface area contributed by atoms with Crippen LogP contribution in [0, 0.1) is 5.92 Å². The zero-order valence-electron chi connectivity index (χ0n) is 22.8. The molecule has 0 radical (unpaired) electrons. The second-order valence-corrected chi connectivity index (χ2v) is 11.2. The topological polar surface area (TPSA) is 113 Å². The molecule has 0 aliphatic heterocycles. The van der Waals surface area contributed by atoms with Gasteiger partial charge in [0.25, 0.3) is 0 Å². The minimum Gasteiger partial charge on any atom is -0.465 e. The van der Waals surface area contributed by atoms with E-state index in [0.29, 0.717) is 30.8 Å². The summed E-state index contributed by atoms with van der Waals surface area (Å²) in [6.07, 6.45) is 5.24. The fourth-order valence-corrected chi connectivity index (χ4v) is 4.18. The van der Waals surface area contributed by atoms with Crippen molar-refractivity contribution >= 4 is 18.2 Å². The van der Waals surface area contributed by atoms with Gasteiger partial charge in [-0.1, -0.05) is 6.07 Å². The number of hydrogen-bond donors (Lipinski definition) is 0. The van der Waals surface area contributed by atoms with Crippen LogP contribution in [0.1, 0.15) is 73.4 Å². The first-order chi connectivity index (χ1) is 17.3. The SMILES string of the molecule is CCOC(=O)[C@]1(c2cn(-c3ccccn3)cn2)C[C@@H]1CCCN(C(=O)OC(C)(C)C)C(=O)OC(C)(C)C.